The van der Waals surface area contributed by atoms with E-state index in [2.05, 4.69) is 0 Å². The van der Waals surface area contributed by atoms with Crippen molar-refractivity contribution in [3.8, 4) is 5.75 Å². The molecule has 222 valence electrons. The highest BCUT2D eigenvalue weighted by Crippen LogP contribution is 2.51. The van der Waals surface area contributed by atoms with Crippen LogP contribution in [0.1, 0.15) is 53.8 Å². The highest BCUT2D eigenvalue weighted by molar-refractivity contribution is 7.86. The molecular formula is C32H32F3NO5S. The molecule has 3 unspecified atom stereocenters. The number of hydrogen-bond acceptors (Lipinski definition) is 5. The average molecular weight is 600 g/mol. The van der Waals surface area contributed by atoms with Gasteiger partial charge in [0.05, 0.1) is 11.0 Å². The molecule has 0 saturated heterocycles. The van der Waals surface area contributed by atoms with Crippen LogP contribution in [0.25, 0.3) is 11.1 Å². The van der Waals surface area contributed by atoms with E-state index >= 15 is 0 Å². The van der Waals surface area contributed by atoms with Gasteiger partial charge in [0.1, 0.15) is 11.0 Å². The zero-order valence-electron chi connectivity index (χ0n) is 23.6. The Balaban J connectivity index is 1.73. The molecule has 0 amide bonds. The number of alkyl halides is 3. The van der Waals surface area contributed by atoms with Crippen LogP contribution in [0, 0.1) is 5.92 Å². The molecular weight excluding hydrogens is 567 g/mol. The van der Waals surface area contributed by atoms with Crippen molar-refractivity contribution in [1.29, 1.82) is 0 Å². The minimum Gasteiger partial charge on any atom is -0.464 e. The summed E-state index contributed by atoms with van der Waals surface area (Å²) >= 11 is 0. The Morgan fingerprint density at radius 1 is 0.976 bits per heavy atom. The summed E-state index contributed by atoms with van der Waals surface area (Å²) in [5, 5.41) is -1.55. The van der Waals surface area contributed by atoms with E-state index in [0.29, 0.717) is 34.6 Å². The third-order valence-electron chi connectivity index (χ3n) is 7.78. The van der Waals surface area contributed by atoms with Crippen molar-refractivity contribution >= 4 is 21.3 Å². The number of halogens is 3. The van der Waals surface area contributed by atoms with Crippen molar-refractivity contribution in [2.24, 2.45) is 5.92 Å². The van der Waals surface area contributed by atoms with Crippen molar-refractivity contribution in [3.63, 3.8) is 0 Å². The molecule has 0 spiro atoms. The molecule has 42 heavy (non-hydrogen) atoms. The van der Waals surface area contributed by atoms with Gasteiger partial charge in [0, 0.05) is 37.5 Å². The number of nitrogens with zero attached hydrogens (tertiary/aromatic N) is 1. The second-order valence-electron chi connectivity index (χ2n) is 11.1. The molecule has 0 aromatic heterocycles. The van der Waals surface area contributed by atoms with E-state index in [1.54, 1.807) is 66.8 Å². The minimum absolute atomic E-state index is 0.193. The Morgan fingerprint density at radius 2 is 1.62 bits per heavy atom. The van der Waals surface area contributed by atoms with Crippen molar-refractivity contribution in [2.45, 2.75) is 43.9 Å². The van der Waals surface area contributed by atoms with Gasteiger partial charge in [-0.15, -0.1) is 0 Å². The van der Waals surface area contributed by atoms with Crippen molar-refractivity contribution in [3.05, 3.63) is 113 Å². The van der Waals surface area contributed by atoms with Crippen LogP contribution in [-0.4, -0.2) is 37.8 Å². The molecule has 0 fully saturated rings. The lowest BCUT2D eigenvalue weighted by molar-refractivity contribution is -0.137. The summed E-state index contributed by atoms with van der Waals surface area (Å²) in [6.45, 7) is 6.10. The highest BCUT2D eigenvalue weighted by Gasteiger charge is 2.46. The van der Waals surface area contributed by atoms with E-state index in [1.807, 2.05) is 26.8 Å². The average Bonchev–Trinajstić information content (AvgIpc) is 3.18. The van der Waals surface area contributed by atoms with Gasteiger partial charge in [-0.05, 0) is 72.9 Å². The van der Waals surface area contributed by atoms with Gasteiger partial charge in [0.15, 0.2) is 0 Å². The summed E-state index contributed by atoms with van der Waals surface area (Å²) in [6, 6.07) is 18.7. The third-order valence-corrected chi connectivity index (χ3v) is 8.96. The molecule has 0 radical (unpaired) electrons. The molecule has 6 nitrogen and oxygen atoms in total. The van der Waals surface area contributed by atoms with E-state index in [9.17, 15) is 26.1 Å². The van der Waals surface area contributed by atoms with Gasteiger partial charge >= 0.3 is 6.18 Å². The van der Waals surface area contributed by atoms with Crippen LogP contribution < -0.4 is 4.74 Å². The van der Waals surface area contributed by atoms with Crippen LogP contribution >= 0.6 is 0 Å². The van der Waals surface area contributed by atoms with Crippen LogP contribution in [0.3, 0.4) is 0 Å². The molecule has 0 bridgehead atoms. The number of fused-ring (bicyclic) bond motifs is 1. The van der Waals surface area contributed by atoms with Crippen molar-refractivity contribution < 1.29 is 35.6 Å². The Hall–Kier alpha value is -3.60. The van der Waals surface area contributed by atoms with Gasteiger partial charge in [-0.3, -0.25) is 4.55 Å². The van der Waals surface area contributed by atoms with E-state index in [0.717, 1.165) is 12.1 Å². The fourth-order valence-corrected chi connectivity index (χ4v) is 6.92. The molecule has 0 saturated carbocycles. The van der Waals surface area contributed by atoms with Crippen LogP contribution in [0.2, 0.25) is 0 Å². The zero-order valence-corrected chi connectivity index (χ0v) is 24.4. The Morgan fingerprint density at radius 3 is 2.24 bits per heavy atom. The zero-order chi connectivity index (χ0) is 30.4. The summed E-state index contributed by atoms with van der Waals surface area (Å²) in [4.78, 5) is 1.68. The first kappa shape index (κ1) is 29.9. The molecule has 2 heterocycles. The summed E-state index contributed by atoms with van der Waals surface area (Å²) in [5.74, 6) is -0.527. The van der Waals surface area contributed by atoms with Crippen molar-refractivity contribution in [1.82, 2.24) is 4.90 Å². The molecule has 3 aromatic rings. The lowest BCUT2D eigenvalue weighted by Gasteiger charge is -2.35. The largest absolute Gasteiger partial charge is 0.464 e. The van der Waals surface area contributed by atoms with E-state index < -0.39 is 44.7 Å². The van der Waals surface area contributed by atoms with Crippen LogP contribution in [0.15, 0.2) is 85.2 Å². The van der Waals surface area contributed by atoms with Gasteiger partial charge in [0.25, 0.3) is 10.1 Å². The highest BCUT2D eigenvalue weighted by atomic mass is 32.2. The van der Waals surface area contributed by atoms with Gasteiger partial charge in [0.2, 0.25) is 6.29 Å². The SMILES string of the molecule is CCOC1Oc2ccc(C(C3C(c4ccccc4)=CN(C)C=C3c3cccc(C(F)(F)F)c3)S(=O)(=O)O)cc2C1(C)C. The standard InChI is InChI=1S/C32H32F3NO5S/c1-5-40-30-31(2,3)26-17-22(14-15-27(26)41-30)29(42(37,38)39)28-24(20-10-7-6-8-11-20)18-36(4)19-25(28)21-12-9-13-23(16-21)32(33,34)35/h6-19,28-30H,5H2,1-4H3,(H,37,38,39). The molecule has 3 atom stereocenters. The summed E-state index contributed by atoms with van der Waals surface area (Å²) in [6.07, 6.45) is -1.85. The second-order valence-corrected chi connectivity index (χ2v) is 12.6. The number of hydrogen-bond donors (Lipinski definition) is 1. The maximum absolute atomic E-state index is 13.8. The van der Waals surface area contributed by atoms with Gasteiger partial charge in [-0.2, -0.15) is 21.6 Å². The molecule has 2 aliphatic heterocycles. The van der Waals surface area contributed by atoms with Gasteiger partial charge in [-0.25, -0.2) is 0 Å². The van der Waals surface area contributed by atoms with Crippen LogP contribution in [-0.2, 0) is 26.4 Å². The van der Waals surface area contributed by atoms with Gasteiger partial charge < -0.3 is 14.4 Å². The first-order valence-corrected chi connectivity index (χ1v) is 15.0. The predicted molar refractivity (Wildman–Crippen MR) is 155 cm³/mol. The lowest BCUT2D eigenvalue weighted by Crippen LogP contribution is -2.34. The van der Waals surface area contributed by atoms with E-state index in [4.69, 9.17) is 9.47 Å². The monoisotopic (exact) mass is 599 g/mol. The second kappa shape index (κ2) is 10.9. The maximum Gasteiger partial charge on any atom is 0.416 e. The lowest BCUT2D eigenvalue weighted by atomic mass is 9.77. The normalized spacial score (nSPS) is 20.8. The summed E-state index contributed by atoms with van der Waals surface area (Å²) in [7, 11) is -3.11. The first-order valence-electron chi connectivity index (χ1n) is 13.5. The Kier molecular flexibility index (Phi) is 7.76. The number of allylic oxidation sites excluding steroid dienone is 2. The Bertz CT molecular complexity index is 1650. The third kappa shape index (κ3) is 5.58. The first-order chi connectivity index (χ1) is 19.7. The quantitative estimate of drug-likeness (QED) is 0.287. The topological polar surface area (TPSA) is 76.1 Å². The van der Waals surface area contributed by atoms with Crippen LogP contribution in [0.5, 0.6) is 5.75 Å². The smallest absolute Gasteiger partial charge is 0.416 e. The molecule has 3 aromatic carbocycles. The molecule has 0 aliphatic carbocycles. The van der Waals surface area contributed by atoms with E-state index in [-0.39, 0.29) is 11.1 Å². The summed E-state index contributed by atoms with van der Waals surface area (Å²) < 4.78 is 90.6. The molecule has 2 aliphatic rings. The maximum atomic E-state index is 13.8. The summed E-state index contributed by atoms with van der Waals surface area (Å²) in [5.41, 5.74) is 1.18. The van der Waals surface area contributed by atoms with Crippen LogP contribution in [0.4, 0.5) is 13.2 Å². The Labute approximate surface area is 243 Å². The molecule has 1 N–H and O–H groups in total. The van der Waals surface area contributed by atoms with Gasteiger partial charge in [-0.1, -0.05) is 48.5 Å². The van der Waals surface area contributed by atoms with Crippen molar-refractivity contribution in [2.75, 3.05) is 13.7 Å². The minimum atomic E-state index is -4.83. The predicted octanol–water partition coefficient (Wildman–Crippen LogP) is 7.31. The molecule has 5 rings (SSSR count). The van der Waals surface area contributed by atoms with E-state index in [1.165, 1.54) is 12.1 Å². The number of benzene rings is 3. The number of rotatable bonds is 7. The number of ether oxygens (including phenoxy) is 2. The fraction of sp³-hybridized carbons (Fsp3) is 0.312. The fourth-order valence-electron chi connectivity index (χ4n) is 5.79. The molecule has 10 heteroatoms.